The zero-order valence-electron chi connectivity index (χ0n) is 14.7. The van der Waals surface area contributed by atoms with Gasteiger partial charge < -0.3 is 10.2 Å². The monoisotopic (exact) mass is 373 g/mol. The highest BCUT2D eigenvalue weighted by Gasteiger charge is 2.12. The molecule has 1 amide bonds. The molecule has 136 valence electrons. The van der Waals surface area contributed by atoms with Gasteiger partial charge in [-0.2, -0.15) is 4.52 Å². The summed E-state index contributed by atoms with van der Waals surface area (Å²) in [5, 5.41) is 16.1. The van der Waals surface area contributed by atoms with Crippen molar-refractivity contribution in [1.29, 1.82) is 0 Å². The lowest BCUT2D eigenvalue weighted by molar-refractivity contribution is -0.116. The van der Waals surface area contributed by atoms with Crippen molar-refractivity contribution in [3.05, 3.63) is 41.3 Å². The normalized spacial score (nSPS) is 10.9. The number of nitrogens with one attached hydrogen (secondary N) is 1. The number of hydrogen-bond donors (Lipinski definition) is 1. The van der Waals surface area contributed by atoms with Crippen LogP contribution in [0, 0.1) is 0 Å². The molecule has 0 bridgehead atoms. The number of anilines is 2. The van der Waals surface area contributed by atoms with Crippen molar-refractivity contribution in [2.45, 2.75) is 26.7 Å². The van der Waals surface area contributed by atoms with E-state index in [9.17, 15) is 4.79 Å². The number of fused-ring (bicyclic) bond motifs is 1. The molecule has 0 aliphatic heterocycles. The molecule has 3 aromatic heterocycles. The van der Waals surface area contributed by atoms with Gasteiger partial charge >= 0.3 is 0 Å². The predicted molar refractivity (Wildman–Crippen MR) is 101 cm³/mol. The lowest BCUT2D eigenvalue weighted by Gasteiger charge is -2.19. The van der Waals surface area contributed by atoms with Crippen molar-refractivity contribution in [3.8, 4) is 0 Å². The van der Waals surface area contributed by atoms with Crippen molar-refractivity contribution in [2.24, 2.45) is 0 Å². The first kappa shape index (κ1) is 18.1. The number of carbonyl (C=O) groups excluding carboxylic acids is 1. The summed E-state index contributed by atoms with van der Waals surface area (Å²) in [5.74, 6) is 1.82. The Labute approximate surface area is 156 Å². The van der Waals surface area contributed by atoms with Gasteiger partial charge in [0.05, 0.1) is 5.02 Å². The van der Waals surface area contributed by atoms with Crippen LogP contribution in [0.15, 0.2) is 30.5 Å². The van der Waals surface area contributed by atoms with E-state index in [-0.39, 0.29) is 12.3 Å². The van der Waals surface area contributed by atoms with Crippen LogP contribution in [0.3, 0.4) is 0 Å². The molecule has 0 atom stereocenters. The molecule has 3 rings (SSSR count). The van der Waals surface area contributed by atoms with Crippen LogP contribution in [-0.4, -0.2) is 43.8 Å². The molecule has 0 aliphatic carbocycles. The van der Waals surface area contributed by atoms with E-state index < -0.39 is 0 Å². The Bertz CT molecular complexity index is 890. The number of nitrogens with zero attached hydrogens (tertiary/aromatic N) is 6. The molecule has 0 saturated carbocycles. The number of hydrogen-bond acceptors (Lipinski definition) is 6. The summed E-state index contributed by atoms with van der Waals surface area (Å²) in [6.07, 6.45) is 2.17. The number of pyridine rings is 1. The summed E-state index contributed by atoms with van der Waals surface area (Å²) in [6, 6.07) is 7.15. The average molecular weight is 374 g/mol. The number of rotatable bonds is 7. The molecule has 3 aromatic rings. The largest absolute Gasteiger partial charge is 0.356 e. The Kier molecular flexibility index (Phi) is 5.62. The van der Waals surface area contributed by atoms with E-state index in [0.29, 0.717) is 28.7 Å². The minimum Gasteiger partial charge on any atom is -0.356 e. The fourth-order valence-electron chi connectivity index (χ4n) is 2.58. The summed E-state index contributed by atoms with van der Waals surface area (Å²) >= 11 is 5.78. The zero-order valence-corrected chi connectivity index (χ0v) is 15.4. The van der Waals surface area contributed by atoms with Crippen LogP contribution in [0.1, 0.15) is 26.1 Å². The van der Waals surface area contributed by atoms with Crippen molar-refractivity contribution in [1.82, 2.24) is 24.8 Å². The molecule has 0 fully saturated rings. The lowest BCUT2D eigenvalue weighted by Crippen LogP contribution is -2.23. The van der Waals surface area contributed by atoms with Crippen LogP contribution in [0.5, 0.6) is 0 Å². The summed E-state index contributed by atoms with van der Waals surface area (Å²) in [5.41, 5.74) is 0.663. The highest BCUT2D eigenvalue weighted by Crippen LogP contribution is 2.13. The minimum atomic E-state index is -0.156. The molecule has 0 aliphatic rings. The van der Waals surface area contributed by atoms with Crippen molar-refractivity contribution in [3.63, 3.8) is 0 Å². The van der Waals surface area contributed by atoms with Gasteiger partial charge in [0, 0.05) is 32.1 Å². The Hall–Kier alpha value is -2.74. The van der Waals surface area contributed by atoms with Crippen LogP contribution in [0.4, 0.5) is 11.6 Å². The summed E-state index contributed by atoms with van der Waals surface area (Å²) in [4.78, 5) is 18.3. The maximum atomic E-state index is 12.1. The van der Waals surface area contributed by atoms with E-state index in [1.165, 1.54) is 6.20 Å². The van der Waals surface area contributed by atoms with Gasteiger partial charge in [0.15, 0.2) is 11.5 Å². The SMILES string of the molecule is CCN(CC)c1ccc2nnc(CCC(=O)Nc3ccc(Cl)cn3)n2n1. The van der Waals surface area contributed by atoms with Gasteiger partial charge in [-0.05, 0) is 38.1 Å². The molecule has 26 heavy (non-hydrogen) atoms. The molecule has 0 saturated heterocycles. The second-order valence-electron chi connectivity index (χ2n) is 5.66. The number of aromatic nitrogens is 5. The van der Waals surface area contributed by atoms with Gasteiger partial charge in [-0.15, -0.1) is 15.3 Å². The summed E-state index contributed by atoms with van der Waals surface area (Å²) < 4.78 is 1.70. The minimum absolute atomic E-state index is 0.156. The Balaban J connectivity index is 1.69. The van der Waals surface area contributed by atoms with Crippen LogP contribution in [0.2, 0.25) is 5.02 Å². The molecule has 9 heteroatoms. The third kappa shape index (κ3) is 4.08. The topological polar surface area (TPSA) is 88.3 Å². The highest BCUT2D eigenvalue weighted by molar-refractivity contribution is 6.30. The Morgan fingerprint density at radius 1 is 1.19 bits per heavy atom. The average Bonchev–Trinajstić information content (AvgIpc) is 3.05. The van der Waals surface area contributed by atoms with Crippen LogP contribution >= 0.6 is 11.6 Å². The first-order valence-corrected chi connectivity index (χ1v) is 8.86. The third-order valence-electron chi connectivity index (χ3n) is 3.97. The number of halogens is 1. The standard InChI is InChI=1S/C17H20ClN7O/c1-3-24(4-2)16-8-7-14-21-22-15(25(14)23-16)9-10-17(26)20-13-6-5-12(18)11-19-13/h5-8,11H,3-4,9-10H2,1-2H3,(H,19,20,26). The summed E-state index contributed by atoms with van der Waals surface area (Å²) in [6.45, 7) is 5.89. The zero-order chi connectivity index (χ0) is 18.5. The smallest absolute Gasteiger partial charge is 0.225 e. The third-order valence-corrected chi connectivity index (χ3v) is 4.19. The van der Waals surface area contributed by atoms with Gasteiger partial charge in [-0.1, -0.05) is 11.6 Å². The predicted octanol–water partition coefficient (Wildman–Crippen LogP) is 2.59. The second-order valence-corrected chi connectivity index (χ2v) is 6.10. The second kappa shape index (κ2) is 8.09. The van der Waals surface area contributed by atoms with Crippen LogP contribution in [-0.2, 0) is 11.2 Å². The van der Waals surface area contributed by atoms with E-state index in [2.05, 4.69) is 44.3 Å². The maximum absolute atomic E-state index is 12.1. The molecule has 0 radical (unpaired) electrons. The first-order valence-electron chi connectivity index (χ1n) is 8.48. The number of amides is 1. The van der Waals surface area contributed by atoms with Crippen LogP contribution < -0.4 is 10.2 Å². The van der Waals surface area contributed by atoms with Crippen molar-refractivity contribution < 1.29 is 4.79 Å². The molecular weight excluding hydrogens is 354 g/mol. The van der Waals surface area contributed by atoms with E-state index in [0.717, 1.165) is 18.9 Å². The van der Waals surface area contributed by atoms with Gasteiger partial charge in [-0.25, -0.2) is 4.98 Å². The van der Waals surface area contributed by atoms with Gasteiger partial charge in [0.2, 0.25) is 5.91 Å². The summed E-state index contributed by atoms with van der Waals surface area (Å²) in [7, 11) is 0. The molecule has 8 nitrogen and oxygen atoms in total. The Morgan fingerprint density at radius 3 is 2.69 bits per heavy atom. The van der Waals surface area contributed by atoms with Gasteiger partial charge in [-0.3, -0.25) is 4.79 Å². The first-order chi connectivity index (χ1) is 12.6. The van der Waals surface area contributed by atoms with E-state index in [1.807, 2.05) is 12.1 Å². The maximum Gasteiger partial charge on any atom is 0.225 e. The van der Waals surface area contributed by atoms with Crippen molar-refractivity contribution >= 4 is 34.8 Å². The molecule has 3 heterocycles. The van der Waals surface area contributed by atoms with Crippen molar-refractivity contribution in [2.75, 3.05) is 23.3 Å². The van der Waals surface area contributed by atoms with Gasteiger partial charge in [0.1, 0.15) is 11.6 Å². The quantitative estimate of drug-likeness (QED) is 0.684. The number of aryl methyl sites for hydroxylation is 1. The van der Waals surface area contributed by atoms with E-state index in [4.69, 9.17) is 11.6 Å². The highest BCUT2D eigenvalue weighted by atomic mass is 35.5. The Morgan fingerprint density at radius 2 is 2.00 bits per heavy atom. The lowest BCUT2D eigenvalue weighted by atomic mass is 10.3. The molecule has 1 N–H and O–H groups in total. The van der Waals surface area contributed by atoms with Crippen LogP contribution in [0.25, 0.3) is 5.65 Å². The molecule has 0 unspecified atom stereocenters. The van der Waals surface area contributed by atoms with Gasteiger partial charge in [0.25, 0.3) is 0 Å². The fraction of sp³-hybridized carbons (Fsp3) is 0.353. The number of carbonyl (C=O) groups is 1. The van der Waals surface area contributed by atoms with E-state index >= 15 is 0 Å². The van der Waals surface area contributed by atoms with E-state index in [1.54, 1.807) is 16.6 Å². The molecule has 0 spiro atoms. The fourth-order valence-corrected chi connectivity index (χ4v) is 2.69. The molecular formula is C17H20ClN7O. The molecule has 0 aromatic carbocycles.